The van der Waals surface area contributed by atoms with Crippen LogP contribution in [-0.2, 0) is 11.8 Å². The third kappa shape index (κ3) is 2.10. The van der Waals surface area contributed by atoms with Gasteiger partial charge in [0.25, 0.3) is 0 Å². The van der Waals surface area contributed by atoms with Crippen molar-refractivity contribution in [3.63, 3.8) is 0 Å². The molecule has 2 saturated heterocycles. The van der Waals surface area contributed by atoms with Gasteiger partial charge in [0, 0.05) is 26.2 Å². The molecule has 2 fully saturated rings. The van der Waals surface area contributed by atoms with Gasteiger partial charge >= 0.3 is 0 Å². The first-order chi connectivity index (χ1) is 6.21. The third-order valence-electron chi connectivity index (χ3n) is 2.86. The lowest BCUT2D eigenvalue weighted by atomic mass is 10.4. The van der Waals surface area contributed by atoms with Crippen LogP contribution in [0.1, 0.15) is 25.7 Å². The molecule has 0 spiro atoms. The van der Waals surface area contributed by atoms with Gasteiger partial charge in [0.15, 0.2) is 5.69 Å². The Morgan fingerprint density at radius 3 is 1.46 bits per heavy atom. The van der Waals surface area contributed by atoms with E-state index in [0.29, 0.717) is 0 Å². The van der Waals surface area contributed by atoms with E-state index in [9.17, 15) is 0 Å². The maximum absolute atomic E-state index is 6.53. The molecule has 76 valence electrons. The molecule has 0 aliphatic carbocycles. The quantitative estimate of drug-likeness (QED) is 0.683. The minimum Gasteiger partial charge on any atom is -0.252 e. The molecule has 2 aliphatic rings. The van der Waals surface area contributed by atoms with Crippen LogP contribution in [0.4, 0.5) is 0 Å². The molecule has 2 rings (SSSR count). The van der Waals surface area contributed by atoms with Crippen molar-refractivity contribution in [2.45, 2.75) is 25.7 Å². The fraction of sp³-hybridized carbons (Fsp3) is 1.00. The van der Waals surface area contributed by atoms with Crippen LogP contribution >= 0.6 is 16.9 Å². The number of hydrogen-bond donors (Lipinski definition) is 0. The Labute approximate surface area is 90.1 Å². The molecule has 2 heterocycles. The van der Waals surface area contributed by atoms with Gasteiger partial charge in [0.05, 0.1) is 0 Å². The maximum Gasteiger partial charge on any atom is 0.164 e. The smallest absolute Gasteiger partial charge is 0.164 e. The summed E-state index contributed by atoms with van der Waals surface area (Å²) >= 11 is 12.1. The first-order valence-electron chi connectivity index (χ1n) is 5.02. The van der Waals surface area contributed by atoms with Crippen molar-refractivity contribution in [1.29, 1.82) is 0 Å². The summed E-state index contributed by atoms with van der Waals surface area (Å²) in [6, 6.07) is 0. The molecular formula is C8H16ClN2PS. The van der Waals surface area contributed by atoms with Gasteiger partial charge in [-0.3, -0.25) is 9.34 Å². The minimum absolute atomic E-state index is 1.12. The van der Waals surface area contributed by atoms with E-state index in [4.69, 9.17) is 23.0 Å². The lowest BCUT2D eigenvalue weighted by molar-refractivity contribution is 0.484. The van der Waals surface area contributed by atoms with Crippen LogP contribution in [0.15, 0.2) is 0 Å². The van der Waals surface area contributed by atoms with Gasteiger partial charge in [-0.1, -0.05) is 11.2 Å². The zero-order valence-corrected chi connectivity index (χ0v) is 10.3. The average molecular weight is 239 g/mol. The van der Waals surface area contributed by atoms with Gasteiger partial charge in [0.2, 0.25) is 0 Å². The summed E-state index contributed by atoms with van der Waals surface area (Å²) in [6.07, 6.45) is 5.11. The highest BCUT2D eigenvalue weighted by Gasteiger charge is 2.33. The molecule has 0 bridgehead atoms. The number of halogens is 1. The van der Waals surface area contributed by atoms with Crippen molar-refractivity contribution in [2.24, 2.45) is 0 Å². The lowest BCUT2D eigenvalue weighted by Crippen LogP contribution is -2.25. The fourth-order valence-electron chi connectivity index (χ4n) is 2.07. The molecule has 0 aromatic heterocycles. The summed E-state index contributed by atoms with van der Waals surface area (Å²) in [4.78, 5) is 0. The highest BCUT2D eigenvalue weighted by atomic mass is 35.7. The Bertz CT molecular complexity index is 204. The zero-order valence-electron chi connectivity index (χ0n) is 7.78. The van der Waals surface area contributed by atoms with Gasteiger partial charge < -0.3 is 0 Å². The summed E-state index contributed by atoms with van der Waals surface area (Å²) in [5.74, 6) is 0. The summed E-state index contributed by atoms with van der Waals surface area (Å²) in [5, 5.41) is 0. The van der Waals surface area contributed by atoms with Gasteiger partial charge in [-0.15, -0.1) is 0 Å². The van der Waals surface area contributed by atoms with Crippen LogP contribution in [0.25, 0.3) is 0 Å². The first-order valence-corrected chi connectivity index (χ1v) is 8.63. The molecule has 0 amide bonds. The monoisotopic (exact) mass is 238 g/mol. The highest BCUT2D eigenvalue weighted by Crippen LogP contribution is 2.60. The molecule has 0 unspecified atom stereocenters. The number of hydrogen-bond acceptors (Lipinski definition) is 1. The Morgan fingerprint density at radius 1 is 0.846 bits per heavy atom. The van der Waals surface area contributed by atoms with E-state index >= 15 is 0 Å². The molecule has 0 aromatic rings. The molecule has 0 N–H and O–H groups in total. The van der Waals surface area contributed by atoms with E-state index in [0.717, 1.165) is 26.2 Å². The highest BCUT2D eigenvalue weighted by molar-refractivity contribution is 8.24. The topological polar surface area (TPSA) is 6.48 Å². The van der Waals surface area contributed by atoms with Crippen molar-refractivity contribution in [3.05, 3.63) is 0 Å². The van der Waals surface area contributed by atoms with Gasteiger partial charge in [0.1, 0.15) is 0 Å². The molecule has 2 nitrogen and oxygen atoms in total. The van der Waals surface area contributed by atoms with Crippen molar-refractivity contribution in [2.75, 3.05) is 26.2 Å². The van der Waals surface area contributed by atoms with Crippen LogP contribution in [-0.4, -0.2) is 35.5 Å². The van der Waals surface area contributed by atoms with Crippen LogP contribution < -0.4 is 0 Å². The summed E-state index contributed by atoms with van der Waals surface area (Å²) in [7, 11) is 0. The van der Waals surface area contributed by atoms with Crippen molar-refractivity contribution in [3.8, 4) is 0 Å². The molecule has 2 aliphatic heterocycles. The minimum atomic E-state index is -1.82. The van der Waals surface area contributed by atoms with Crippen molar-refractivity contribution >= 4 is 28.7 Å². The van der Waals surface area contributed by atoms with E-state index < -0.39 is 5.69 Å². The van der Waals surface area contributed by atoms with E-state index in [-0.39, 0.29) is 0 Å². The Hall–Kier alpha value is 0.860. The number of rotatable bonds is 2. The fourth-order valence-corrected chi connectivity index (χ4v) is 5.87. The SMILES string of the molecule is S=P(Cl)(N1CCCC1)N1CCCC1. The van der Waals surface area contributed by atoms with Crippen molar-refractivity contribution < 1.29 is 0 Å². The van der Waals surface area contributed by atoms with Gasteiger partial charge in [-0.2, -0.15) is 0 Å². The summed E-state index contributed by atoms with van der Waals surface area (Å²) in [6.45, 7) is 4.49. The van der Waals surface area contributed by atoms with Gasteiger partial charge in [-0.25, -0.2) is 0 Å². The predicted molar refractivity (Wildman–Crippen MR) is 61.8 cm³/mol. The second-order valence-corrected chi connectivity index (χ2v) is 9.41. The van der Waals surface area contributed by atoms with Crippen LogP contribution in [0.5, 0.6) is 0 Å². The van der Waals surface area contributed by atoms with E-state index in [1.807, 2.05) is 0 Å². The second kappa shape index (κ2) is 4.16. The Balaban J connectivity index is 2.04. The van der Waals surface area contributed by atoms with Crippen LogP contribution in [0.2, 0.25) is 0 Å². The molecule has 0 aromatic carbocycles. The summed E-state index contributed by atoms with van der Waals surface area (Å²) < 4.78 is 4.68. The predicted octanol–water partition coefficient (Wildman–Crippen LogP) is 2.64. The molecular weight excluding hydrogens is 223 g/mol. The maximum atomic E-state index is 6.53. The largest absolute Gasteiger partial charge is 0.252 e. The standard InChI is InChI=1S/C8H16ClN2PS/c9-12(13,10-5-1-2-6-10)11-7-3-4-8-11/h1-8H2. The molecule has 5 heteroatoms. The molecule has 13 heavy (non-hydrogen) atoms. The zero-order chi connectivity index (χ0) is 9.31. The Kier molecular flexibility index (Phi) is 3.32. The third-order valence-corrected chi connectivity index (χ3v) is 7.73. The van der Waals surface area contributed by atoms with Crippen LogP contribution in [0, 0.1) is 0 Å². The molecule has 0 atom stereocenters. The lowest BCUT2D eigenvalue weighted by Gasteiger charge is -2.33. The number of nitrogens with zero attached hydrogens (tertiary/aromatic N) is 2. The average Bonchev–Trinajstić information content (AvgIpc) is 2.78. The first kappa shape index (κ1) is 10.4. The molecule has 0 radical (unpaired) electrons. The van der Waals surface area contributed by atoms with E-state index in [1.54, 1.807) is 0 Å². The van der Waals surface area contributed by atoms with E-state index in [2.05, 4.69) is 9.34 Å². The summed E-state index contributed by atoms with van der Waals surface area (Å²) in [5.41, 5.74) is -1.82. The second-order valence-electron chi connectivity index (χ2n) is 3.79. The molecule has 0 saturated carbocycles. The normalized spacial score (nSPS) is 27.2. The van der Waals surface area contributed by atoms with E-state index in [1.165, 1.54) is 25.7 Å². The van der Waals surface area contributed by atoms with Gasteiger partial charge in [-0.05, 0) is 37.5 Å². The van der Waals surface area contributed by atoms with Crippen LogP contribution in [0.3, 0.4) is 0 Å². The Morgan fingerprint density at radius 2 is 1.15 bits per heavy atom. The van der Waals surface area contributed by atoms with Crippen molar-refractivity contribution in [1.82, 2.24) is 9.34 Å².